The van der Waals surface area contributed by atoms with E-state index >= 15 is 0 Å². The quantitative estimate of drug-likeness (QED) is 0.629. The monoisotopic (exact) mass is 256 g/mol. The molecule has 0 saturated heterocycles. The Morgan fingerprint density at radius 2 is 2.12 bits per heavy atom. The minimum Gasteiger partial charge on any atom is -0.467 e. The molecule has 0 saturated carbocycles. The van der Waals surface area contributed by atoms with Crippen LogP contribution in [-0.2, 0) is 9.53 Å². The van der Waals surface area contributed by atoms with Gasteiger partial charge in [0.2, 0.25) is 0 Å². The van der Waals surface area contributed by atoms with Crippen molar-refractivity contribution in [2.24, 2.45) is 0 Å². The van der Waals surface area contributed by atoms with Gasteiger partial charge >= 0.3 is 5.97 Å². The van der Waals surface area contributed by atoms with E-state index in [1.807, 2.05) is 0 Å². The third kappa shape index (κ3) is 3.35. The van der Waals surface area contributed by atoms with Gasteiger partial charge in [0.25, 0.3) is 5.91 Å². The Hall–Kier alpha value is -1.75. The van der Waals surface area contributed by atoms with Crippen molar-refractivity contribution in [1.82, 2.24) is 5.32 Å². The van der Waals surface area contributed by atoms with E-state index in [1.54, 1.807) is 6.07 Å². The first-order valence-electron chi connectivity index (χ1n) is 4.89. The molecule has 0 radical (unpaired) electrons. The van der Waals surface area contributed by atoms with Crippen LogP contribution in [0.4, 0.5) is 5.69 Å². The fraction of sp³-hybridized carbons (Fsp3) is 0.273. The summed E-state index contributed by atoms with van der Waals surface area (Å²) in [5, 5.41) is 2.92. The minimum absolute atomic E-state index is 0.257. The second-order valence-electron chi connectivity index (χ2n) is 3.45. The first kappa shape index (κ1) is 13.3. The van der Waals surface area contributed by atoms with Crippen molar-refractivity contribution in [2.75, 3.05) is 12.8 Å². The summed E-state index contributed by atoms with van der Waals surface area (Å²) in [5.41, 5.74) is 6.17. The molecule has 5 nitrogen and oxygen atoms in total. The number of hydrogen-bond donors (Lipinski definition) is 2. The minimum atomic E-state index is -0.734. The Balaban J connectivity index is 2.80. The molecule has 0 aliphatic heterocycles. The summed E-state index contributed by atoms with van der Waals surface area (Å²) in [4.78, 5) is 22.9. The third-order valence-corrected chi connectivity index (χ3v) is 2.40. The molecule has 0 bridgehead atoms. The number of hydrogen-bond acceptors (Lipinski definition) is 4. The van der Waals surface area contributed by atoms with Gasteiger partial charge in [-0.05, 0) is 25.1 Å². The molecule has 1 amide bonds. The lowest BCUT2D eigenvalue weighted by molar-refractivity contribution is -0.142. The van der Waals surface area contributed by atoms with Gasteiger partial charge in [-0.3, -0.25) is 4.79 Å². The number of esters is 1. The highest BCUT2D eigenvalue weighted by Crippen LogP contribution is 2.17. The van der Waals surface area contributed by atoms with Gasteiger partial charge in [0.05, 0.1) is 12.7 Å². The molecule has 1 aromatic rings. The summed E-state index contributed by atoms with van der Waals surface area (Å²) in [6, 6.07) is 3.79. The summed E-state index contributed by atoms with van der Waals surface area (Å²) in [7, 11) is 1.25. The van der Waals surface area contributed by atoms with Crippen LogP contribution in [0.5, 0.6) is 0 Å². The lowest BCUT2D eigenvalue weighted by Gasteiger charge is -2.12. The van der Waals surface area contributed by atoms with Gasteiger partial charge in [0, 0.05) is 10.7 Å². The molecule has 0 aliphatic rings. The predicted octanol–water partition coefficient (Wildman–Crippen LogP) is 1.21. The molecule has 0 unspecified atom stereocenters. The van der Waals surface area contributed by atoms with Crippen molar-refractivity contribution in [3.8, 4) is 0 Å². The number of amides is 1. The molecule has 3 N–H and O–H groups in total. The second-order valence-corrected chi connectivity index (χ2v) is 3.89. The molecule has 17 heavy (non-hydrogen) atoms. The van der Waals surface area contributed by atoms with Gasteiger partial charge in [-0.25, -0.2) is 4.79 Å². The first-order valence-corrected chi connectivity index (χ1v) is 5.27. The van der Waals surface area contributed by atoms with Crippen molar-refractivity contribution < 1.29 is 14.3 Å². The van der Waals surface area contributed by atoms with E-state index in [-0.39, 0.29) is 11.3 Å². The molecular formula is C11H13ClN2O3. The zero-order chi connectivity index (χ0) is 13.0. The highest BCUT2D eigenvalue weighted by Gasteiger charge is 2.18. The average Bonchev–Trinajstić information content (AvgIpc) is 2.27. The lowest BCUT2D eigenvalue weighted by Crippen LogP contribution is -2.39. The number of ether oxygens (including phenoxy) is 1. The number of benzene rings is 1. The maximum absolute atomic E-state index is 11.8. The van der Waals surface area contributed by atoms with Crippen LogP contribution in [0.1, 0.15) is 17.3 Å². The third-order valence-electron chi connectivity index (χ3n) is 2.16. The fourth-order valence-electron chi connectivity index (χ4n) is 1.25. The number of nitrogens with two attached hydrogens (primary N) is 1. The Bertz CT molecular complexity index is 448. The molecule has 0 spiro atoms. The van der Waals surface area contributed by atoms with Crippen molar-refractivity contribution in [2.45, 2.75) is 13.0 Å². The first-order chi connectivity index (χ1) is 7.95. The van der Waals surface area contributed by atoms with Crippen molar-refractivity contribution >= 4 is 29.2 Å². The van der Waals surface area contributed by atoms with Crippen LogP contribution in [0.25, 0.3) is 0 Å². The average molecular weight is 257 g/mol. The molecule has 92 valence electrons. The topological polar surface area (TPSA) is 81.4 Å². The van der Waals surface area contributed by atoms with Crippen molar-refractivity contribution in [3.05, 3.63) is 28.8 Å². The normalized spacial score (nSPS) is 11.7. The van der Waals surface area contributed by atoms with E-state index in [0.29, 0.717) is 5.02 Å². The van der Waals surface area contributed by atoms with E-state index < -0.39 is 17.9 Å². The van der Waals surface area contributed by atoms with Gasteiger partial charge in [-0.2, -0.15) is 0 Å². The van der Waals surface area contributed by atoms with Crippen LogP contribution in [-0.4, -0.2) is 25.0 Å². The van der Waals surface area contributed by atoms with Crippen LogP contribution in [0.3, 0.4) is 0 Å². The van der Waals surface area contributed by atoms with Gasteiger partial charge in [0.15, 0.2) is 0 Å². The van der Waals surface area contributed by atoms with E-state index in [4.69, 9.17) is 17.3 Å². The van der Waals surface area contributed by atoms with Crippen LogP contribution in [0.15, 0.2) is 18.2 Å². The summed E-state index contributed by atoms with van der Waals surface area (Å²) < 4.78 is 4.49. The largest absolute Gasteiger partial charge is 0.467 e. The summed E-state index contributed by atoms with van der Waals surface area (Å²) in [6.45, 7) is 1.52. The standard InChI is InChI=1S/C11H13ClN2O3/c1-6(11(16)17-2)14-10(15)8-4-3-7(12)5-9(8)13/h3-6H,13H2,1-2H3,(H,14,15)/t6-/m0/s1. The molecule has 1 rings (SSSR count). The number of nitrogens with one attached hydrogen (secondary N) is 1. The van der Waals surface area contributed by atoms with Crippen LogP contribution < -0.4 is 11.1 Å². The van der Waals surface area contributed by atoms with E-state index in [9.17, 15) is 9.59 Å². The van der Waals surface area contributed by atoms with Crippen LogP contribution >= 0.6 is 11.6 Å². The highest BCUT2D eigenvalue weighted by molar-refractivity contribution is 6.31. The smallest absolute Gasteiger partial charge is 0.328 e. The van der Waals surface area contributed by atoms with Gasteiger partial charge in [0.1, 0.15) is 6.04 Å². The number of anilines is 1. The zero-order valence-corrected chi connectivity index (χ0v) is 10.2. The predicted molar refractivity (Wildman–Crippen MR) is 64.8 cm³/mol. The van der Waals surface area contributed by atoms with Gasteiger partial charge in [-0.1, -0.05) is 11.6 Å². The Kier molecular flexibility index (Phi) is 4.34. The maximum atomic E-state index is 11.8. The molecular weight excluding hydrogens is 244 g/mol. The number of halogens is 1. The SMILES string of the molecule is COC(=O)[C@H](C)NC(=O)c1ccc(Cl)cc1N. The van der Waals surface area contributed by atoms with Gasteiger partial charge < -0.3 is 15.8 Å². The van der Waals surface area contributed by atoms with E-state index in [1.165, 1.54) is 26.2 Å². The Morgan fingerprint density at radius 1 is 1.47 bits per heavy atom. The molecule has 0 heterocycles. The highest BCUT2D eigenvalue weighted by atomic mass is 35.5. The summed E-state index contributed by atoms with van der Waals surface area (Å²) in [5.74, 6) is -0.969. The molecule has 6 heteroatoms. The van der Waals surface area contributed by atoms with E-state index in [0.717, 1.165) is 0 Å². The summed E-state index contributed by atoms with van der Waals surface area (Å²) in [6.07, 6.45) is 0. The van der Waals surface area contributed by atoms with Crippen LogP contribution in [0, 0.1) is 0 Å². The van der Waals surface area contributed by atoms with Gasteiger partial charge in [-0.15, -0.1) is 0 Å². The zero-order valence-electron chi connectivity index (χ0n) is 9.49. The number of methoxy groups -OCH3 is 1. The number of carbonyl (C=O) groups is 2. The van der Waals surface area contributed by atoms with Crippen molar-refractivity contribution in [3.63, 3.8) is 0 Å². The van der Waals surface area contributed by atoms with E-state index in [2.05, 4.69) is 10.1 Å². The number of rotatable bonds is 3. The maximum Gasteiger partial charge on any atom is 0.328 e. The molecule has 1 atom stereocenters. The molecule has 0 aliphatic carbocycles. The second kappa shape index (κ2) is 5.54. The van der Waals surface area contributed by atoms with Crippen molar-refractivity contribution in [1.29, 1.82) is 0 Å². The lowest BCUT2D eigenvalue weighted by atomic mass is 10.1. The molecule has 0 fully saturated rings. The molecule has 1 aromatic carbocycles. The molecule has 0 aromatic heterocycles. The van der Waals surface area contributed by atoms with Crippen LogP contribution in [0.2, 0.25) is 5.02 Å². The summed E-state index contributed by atoms with van der Waals surface area (Å²) >= 11 is 5.71. The number of nitrogen functional groups attached to an aromatic ring is 1. The Morgan fingerprint density at radius 3 is 2.65 bits per heavy atom. The Labute approximate surface area is 104 Å². The fourth-order valence-corrected chi connectivity index (χ4v) is 1.43. The number of carbonyl (C=O) groups excluding carboxylic acids is 2.